The molecule has 6 nitrogen and oxygen atoms in total. The zero-order valence-electron chi connectivity index (χ0n) is 19.4. The SMILES string of the molecule is C[C@@]12CC[C@@](CCOc3ccc(Cl)c(Cl)c3)(O1)c1c2c(O)n(-c2ccc(C#N)c3ccccc23)c1O. The van der Waals surface area contributed by atoms with Crippen LogP contribution in [0.4, 0.5) is 0 Å². The lowest BCUT2D eigenvalue weighted by Crippen LogP contribution is -2.25. The van der Waals surface area contributed by atoms with Crippen molar-refractivity contribution in [1.82, 2.24) is 4.57 Å². The van der Waals surface area contributed by atoms with Crippen LogP contribution in [-0.2, 0) is 15.9 Å². The zero-order valence-corrected chi connectivity index (χ0v) is 20.9. The molecule has 3 aromatic carbocycles. The molecule has 6 rings (SSSR count). The molecule has 2 bridgehead atoms. The summed E-state index contributed by atoms with van der Waals surface area (Å²) in [5.41, 5.74) is 0.802. The second-order valence-electron chi connectivity index (χ2n) is 9.52. The first kappa shape index (κ1) is 23.1. The fraction of sp³-hybridized carbons (Fsp3) is 0.250. The summed E-state index contributed by atoms with van der Waals surface area (Å²) in [6.45, 7) is 2.26. The second kappa shape index (κ2) is 8.07. The van der Waals surface area contributed by atoms with Crippen molar-refractivity contribution in [2.24, 2.45) is 0 Å². The van der Waals surface area contributed by atoms with Crippen LogP contribution >= 0.6 is 23.2 Å². The van der Waals surface area contributed by atoms with Crippen molar-refractivity contribution in [3.8, 4) is 29.3 Å². The van der Waals surface area contributed by atoms with Crippen LogP contribution < -0.4 is 4.74 Å². The van der Waals surface area contributed by atoms with Gasteiger partial charge < -0.3 is 19.7 Å². The highest BCUT2D eigenvalue weighted by Gasteiger charge is 2.61. The summed E-state index contributed by atoms with van der Waals surface area (Å²) in [6.07, 6.45) is 1.87. The van der Waals surface area contributed by atoms with E-state index in [0.717, 1.165) is 10.8 Å². The molecule has 0 radical (unpaired) electrons. The van der Waals surface area contributed by atoms with E-state index < -0.39 is 11.2 Å². The van der Waals surface area contributed by atoms with E-state index in [-0.39, 0.29) is 11.8 Å². The van der Waals surface area contributed by atoms with Crippen molar-refractivity contribution in [2.75, 3.05) is 6.61 Å². The van der Waals surface area contributed by atoms with Gasteiger partial charge in [-0.3, -0.25) is 4.57 Å². The molecule has 1 aromatic heterocycles. The van der Waals surface area contributed by atoms with E-state index in [1.54, 1.807) is 30.3 Å². The second-order valence-corrected chi connectivity index (χ2v) is 10.3. The highest BCUT2D eigenvalue weighted by Crippen LogP contribution is 2.65. The molecule has 0 amide bonds. The maximum absolute atomic E-state index is 11.5. The number of aromatic hydroxyl groups is 2. The van der Waals surface area contributed by atoms with E-state index in [4.69, 9.17) is 32.7 Å². The summed E-state index contributed by atoms with van der Waals surface area (Å²) in [6, 6.07) is 18.2. The maximum atomic E-state index is 11.5. The third kappa shape index (κ3) is 3.20. The number of halogens is 2. The summed E-state index contributed by atoms with van der Waals surface area (Å²) in [5.74, 6) is 0.482. The van der Waals surface area contributed by atoms with Gasteiger partial charge in [-0.2, -0.15) is 5.26 Å². The van der Waals surface area contributed by atoms with Gasteiger partial charge in [0, 0.05) is 23.3 Å². The van der Waals surface area contributed by atoms with Gasteiger partial charge in [-0.1, -0.05) is 47.5 Å². The number of hydrogen-bond donors (Lipinski definition) is 2. The molecule has 0 spiro atoms. The van der Waals surface area contributed by atoms with Crippen LogP contribution in [0.3, 0.4) is 0 Å². The molecule has 2 aliphatic rings. The quantitative estimate of drug-likeness (QED) is 0.298. The summed E-state index contributed by atoms with van der Waals surface area (Å²) in [4.78, 5) is 0. The van der Waals surface area contributed by atoms with E-state index in [9.17, 15) is 15.5 Å². The zero-order chi connectivity index (χ0) is 25.2. The molecule has 2 atom stereocenters. The molecule has 1 fully saturated rings. The van der Waals surface area contributed by atoms with Gasteiger partial charge in [0.25, 0.3) is 0 Å². The van der Waals surface area contributed by atoms with E-state index >= 15 is 0 Å². The highest BCUT2D eigenvalue weighted by atomic mass is 35.5. The average molecular weight is 521 g/mol. The molecular formula is C28H22Cl2N2O4. The smallest absolute Gasteiger partial charge is 0.205 e. The third-order valence-electron chi connectivity index (χ3n) is 7.46. The first-order chi connectivity index (χ1) is 17.3. The van der Waals surface area contributed by atoms with Crippen LogP contribution in [0.1, 0.15) is 42.9 Å². The highest BCUT2D eigenvalue weighted by molar-refractivity contribution is 6.42. The molecule has 0 unspecified atom stereocenters. The number of aromatic nitrogens is 1. The van der Waals surface area contributed by atoms with Crippen LogP contribution in [0, 0.1) is 11.3 Å². The fourth-order valence-corrected chi connectivity index (χ4v) is 6.10. The predicted octanol–water partition coefficient (Wildman–Crippen LogP) is 6.92. The lowest BCUT2D eigenvalue weighted by molar-refractivity contribution is -0.0876. The Kier molecular flexibility index (Phi) is 5.17. The predicted molar refractivity (Wildman–Crippen MR) is 137 cm³/mol. The van der Waals surface area contributed by atoms with Crippen molar-refractivity contribution in [2.45, 2.75) is 37.4 Å². The van der Waals surface area contributed by atoms with Crippen molar-refractivity contribution < 1.29 is 19.7 Å². The number of ether oxygens (including phenoxy) is 2. The average Bonchev–Trinajstić information content (AvgIpc) is 3.45. The van der Waals surface area contributed by atoms with E-state index in [1.165, 1.54) is 4.57 Å². The Morgan fingerprint density at radius 3 is 2.50 bits per heavy atom. The number of nitriles is 1. The number of nitrogens with zero attached hydrogens (tertiary/aromatic N) is 2. The molecule has 182 valence electrons. The molecular weight excluding hydrogens is 499 g/mol. The fourth-order valence-electron chi connectivity index (χ4n) is 5.81. The van der Waals surface area contributed by atoms with Gasteiger partial charge in [0.05, 0.1) is 50.7 Å². The van der Waals surface area contributed by atoms with Gasteiger partial charge in [0.15, 0.2) is 0 Å². The maximum Gasteiger partial charge on any atom is 0.205 e. The van der Waals surface area contributed by atoms with Gasteiger partial charge in [0.2, 0.25) is 11.8 Å². The number of fused-ring (bicyclic) bond motifs is 6. The van der Waals surface area contributed by atoms with Crippen LogP contribution in [-0.4, -0.2) is 21.4 Å². The van der Waals surface area contributed by atoms with Crippen LogP contribution in [0.15, 0.2) is 54.6 Å². The van der Waals surface area contributed by atoms with Crippen LogP contribution in [0.2, 0.25) is 10.0 Å². The number of rotatable bonds is 5. The standard InChI is InChI=1S/C28H22Cl2N2O4/c1-27-10-11-28(36-27,12-13-35-17-7-8-20(29)21(30)14-17)24-23(27)25(33)32(26(24)34)22-9-6-16(15-31)18-4-2-3-5-19(18)22/h2-9,14,33-34H,10-13H2,1H3/t27-,28-/m0/s1. The van der Waals surface area contributed by atoms with Crippen molar-refractivity contribution in [3.63, 3.8) is 0 Å². The largest absolute Gasteiger partial charge is 0.494 e. The van der Waals surface area contributed by atoms with Gasteiger partial charge in [-0.15, -0.1) is 0 Å². The van der Waals surface area contributed by atoms with E-state index in [0.29, 0.717) is 64.0 Å². The number of benzene rings is 3. The third-order valence-corrected chi connectivity index (χ3v) is 8.20. The van der Waals surface area contributed by atoms with Gasteiger partial charge in [0.1, 0.15) is 11.4 Å². The van der Waals surface area contributed by atoms with Crippen molar-refractivity contribution >= 4 is 34.0 Å². The Labute approximate surface area is 217 Å². The molecule has 36 heavy (non-hydrogen) atoms. The molecule has 2 N–H and O–H groups in total. The monoisotopic (exact) mass is 520 g/mol. The lowest BCUT2D eigenvalue weighted by Gasteiger charge is -2.26. The van der Waals surface area contributed by atoms with Gasteiger partial charge in [-0.25, -0.2) is 0 Å². The minimum atomic E-state index is -0.796. The minimum Gasteiger partial charge on any atom is -0.494 e. The Morgan fingerprint density at radius 2 is 1.75 bits per heavy atom. The molecule has 3 heterocycles. The first-order valence-corrected chi connectivity index (χ1v) is 12.4. The summed E-state index contributed by atoms with van der Waals surface area (Å²) >= 11 is 12.1. The van der Waals surface area contributed by atoms with Gasteiger partial charge in [-0.05, 0) is 44.0 Å². The summed E-state index contributed by atoms with van der Waals surface area (Å²) in [7, 11) is 0. The summed E-state index contributed by atoms with van der Waals surface area (Å²) < 4.78 is 13.9. The molecule has 0 aliphatic carbocycles. The lowest BCUT2D eigenvalue weighted by atomic mass is 9.78. The molecule has 0 saturated carbocycles. The molecule has 2 aliphatic heterocycles. The first-order valence-electron chi connectivity index (χ1n) is 11.7. The topological polar surface area (TPSA) is 87.6 Å². The molecule has 1 saturated heterocycles. The van der Waals surface area contributed by atoms with Crippen molar-refractivity contribution in [1.29, 1.82) is 5.26 Å². The Bertz CT molecular complexity index is 1590. The van der Waals surface area contributed by atoms with E-state index in [2.05, 4.69) is 6.07 Å². The molecule has 8 heteroatoms. The Balaban J connectivity index is 1.41. The Morgan fingerprint density at radius 1 is 1.00 bits per heavy atom. The van der Waals surface area contributed by atoms with E-state index in [1.807, 2.05) is 31.2 Å². The van der Waals surface area contributed by atoms with Crippen LogP contribution in [0.25, 0.3) is 16.5 Å². The normalized spacial score (nSPS) is 22.1. The minimum absolute atomic E-state index is 0.0492. The van der Waals surface area contributed by atoms with Crippen LogP contribution in [0.5, 0.6) is 17.5 Å². The van der Waals surface area contributed by atoms with Gasteiger partial charge >= 0.3 is 0 Å². The number of hydrogen-bond acceptors (Lipinski definition) is 5. The van der Waals surface area contributed by atoms with Crippen molar-refractivity contribution in [3.05, 3.63) is 81.3 Å². The molecule has 4 aromatic rings. The Hall–Kier alpha value is -3.37. The summed E-state index contributed by atoms with van der Waals surface area (Å²) in [5, 5.41) is 34.9.